The Morgan fingerprint density at radius 3 is 2.17 bits per heavy atom. The molecule has 2 heterocycles. The van der Waals surface area contributed by atoms with Gasteiger partial charge in [-0.1, -0.05) is 20.8 Å². The zero-order chi connectivity index (χ0) is 22.4. The highest BCUT2D eigenvalue weighted by molar-refractivity contribution is 6.01. The molecule has 0 radical (unpaired) electrons. The Morgan fingerprint density at radius 1 is 0.967 bits per heavy atom. The third-order valence-corrected chi connectivity index (χ3v) is 6.10. The van der Waals surface area contributed by atoms with Gasteiger partial charge in [0.1, 0.15) is 12.4 Å². The maximum Gasteiger partial charge on any atom is 0.333 e. The van der Waals surface area contributed by atoms with E-state index in [1.807, 2.05) is 6.92 Å². The van der Waals surface area contributed by atoms with Crippen molar-refractivity contribution >= 4 is 29.5 Å². The number of esters is 1. The Morgan fingerprint density at radius 2 is 1.57 bits per heavy atom. The van der Waals surface area contributed by atoms with Gasteiger partial charge in [-0.2, -0.15) is 0 Å². The Hall–Kier alpha value is -2.29. The fourth-order valence-electron chi connectivity index (χ4n) is 3.81. The number of hydroxylamine groups is 2. The maximum absolute atomic E-state index is 12.4. The number of carbonyl (C=O) groups is 5. The van der Waals surface area contributed by atoms with E-state index in [1.165, 1.54) is 6.92 Å². The van der Waals surface area contributed by atoms with Crippen LogP contribution in [0.2, 0.25) is 0 Å². The molecule has 2 saturated heterocycles. The van der Waals surface area contributed by atoms with Crippen molar-refractivity contribution in [3.63, 3.8) is 0 Å². The lowest BCUT2D eigenvalue weighted by Crippen LogP contribution is -2.47. The van der Waals surface area contributed by atoms with Gasteiger partial charge >= 0.3 is 11.9 Å². The van der Waals surface area contributed by atoms with Crippen molar-refractivity contribution in [2.75, 3.05) is 6.61 Å². The molecule has 168 valence electrons. The van der Waals surface area contributed by atoms with Crippen LogP contribution >= 0.6 is 0 Å². The molecule has 0 aromatic rings. The van der Waals surface area contributed by atoms with Crippen LogP contribution in [0.3, 0.4) is 0 Å². The van der Waals surface area contributed by atoms with E-state index in [4.69, 9.17) is 14.3 Å². The van der Waals surface area contributed by atoms with Gasteiger partial charge in [0, 0.05) is 39.0 Å². The standard InChI is InChI=1S/C21H31NO8/c1-12-13(2)17(29-18(14(12)3)11-28-15(4)23)10-16(24)6-5-7-21(27)30-22-19(25)8-9-20(22)26/h12-14,17-18H,5-11H2,1-4H3. The normalized spacial score (nSPS) is 29.1. The second-order valence-corrected chi connectivity index (χ2v) is 8.23. The number of Topliss-reactive ketones (excluding diaryl/α,β-unsaturated/α-hetero) is 1. The summed E-state index contributed by atoms with van der Waals surface area (Å²) in [5, 5.41) is 0.507. The molecule has 0 aromatic carbocycles. The van der Waals surface area contributed by atoms with E-state index in [9.17, 15) is 24.0 Å². The number of nitrogens with zero attached hydrogens (tertiary/aromatic N) is 1. The molecule has 2 fully saturated rings. The van der Waals surface area contributed by atoms with Crippen molar-refractivity contribution in [3.8, 4) is 0 Å². The Bertz CT molecular complexity index is 674. The summed E-state index contributed by atoms with van der Waals surface area (Å²) in [5.74, 6) is -1.53. The first-order chi connectivity index (χ1) is 14.1. The SMILES string of the molecule is CC(=O)OCC1OC(CC(=O)CCCC(=O)ON2C(=O)CCC2=O)C(C)C(C)C1C. The van der Waals surface area contributed by atoms with Crippen LogP contribution < -0.4 is 0 Å². The summed E-state index contributed by atoms with van der Waals surface area (Å²) in [4.78, 5) is 63.0. The van der Waals surface area contributed by atoms with Gasteiger partial charge in [-0.15, -0.1) is 5.06 Å². The lowest BCUT2D eigenvalue weighted by molar-refractivity contribution is -0.197. The second-order valence-electron chi connectivity index (χ2n) is 8.23. The molecule has 5 unspecified atom stereocenters. The zero-order valence-electron chi connectivity index (χ0n) is 18.0. The second kappa shape index (κ2) is 10.7. The molecular formula is C21H31NO8. The van der Waals surface area contributed by atoms with Gasteiger partial charge in [-0.05, 0) is 24.2 Å². The molecule has 0 N–H and O–H groups in total. The highest BCUT2D eigenvalue weighted by atomic mass is 16.7. The predicted octanol–water partition coefficient (Wildman–Crippen LogP) is 1.96. The number of imide groups is 1. The van der Waals surface area contributed by atoms with Crippen LogP contribution in [-0.2, 0) is 38.3 Å². The number of carbonyl (C=O) groups excluding carboxylic acids is 5. The topological polar surface area (TPSA) is 116 Å². The van der Waals surface area contributed by atoms with Crippen LogP contribution in [0.4, 0.5) is 0 Å². The number of ether oxygens (including phenoxy) is 2. The molecule has 2 amide bonds. The van der Waals surface area contributed by atoms with Crippen molar-refractivity contribution < 1.29 is 38.3 Å². The molecule has 30 heavy (non-hydrogen) atoms. The molecule has 9 heteroatoms. The Balaban J connectivity index is 1.77. The van der Waals surface area contributed by atoms with Gasteiger partial charge in [0.15, 0.2) is 0 Å². The summed E-state index contributed by atoms with van der Waals surface area (Å²) in [6, 6.07) is 0. The van der Waals surface area contributed by atoms with Crippen LogP contribution in [0.1, 0.15) is 66.2 Å². The lowest BCUT2D eigenvalue weighted by Gasteiger charge is -2.43. The summed E-state index contributed by atoms with van der Waals surface area (Å²) in [5.41, 5.74) is 0. The van der Waals surface area contributed by atoms with Crippen molar-refractivity contribution in [1.29, 1.82) is 0 Å². The molecular weight excluding hydrogens is 394 g/mol. The van der Waals surface area contributed by atoms with Crippen LogP contribution in [-0.4, -0.2) is 53.4 Å². The number of ketones is 1. The number of amides is 2. The van der Waals surface area contributed by atoms with E-state index in [0.717, 1.165) is 0 Å². The molecule has 5 atom stereocenters. The first kappa shape index (κ1) is 24.0. The van der Waals surface area contributed by atoms with E-state index in [-0.39, 0.29) is 80.9 Å². The average Bonchev–Trinajstić information content (AvgIpc) is 2.99. The first-order valence-corrected chi connectivity index (χ1v) is 10.5. The molecule has 0 aliphatic carbocycles. The van der Waals surface area contributed by atoms with Crippen LogP contribution in [0, 0.1) is 17.8 Å². The molecule has 0 aromatic heterocycles. The zero-order valence-corrected chi connectivity index (χ0v) is 18.0. The molecule has 2 aliphatic rings. The molecule has 0 saturated carbocycles. The minimum atomic E-state index is -0.711. The van der Waals surface area contributed by atoms with Gasteiger partial charge in [0.05, 0.1) is 12.2 Å². The van der Waals surface area contributed by atoms with Crippen molar-refractivity contribution in [2.45, 2.75) is 78.4 Å². The molecule has 2 rings (SSSR count). The molecule has 0 spiro atoms. The fourth-order valence-corrected chi connectivity index (χ4v) is 3.81. The fraction of sp³-hybridized carbons (Fsp3) is 0.762. The van der Waals surface area contributed by atoms with Gasteiger partial charge in [-0.25, -0.2) is 4.79 Å². The Labute approximate surface area is 176 Å². The van der Waals surface area contributed by atoms with Gasteiger partial charge in [-0.3, -0.25) is 19.2 Å². The first-order valence-electron chi connectivity index (χ1n) is 10.5. The summed E-state index contributed by atoms with van der Waals surface area (Å²) < 4.78 is 11.2. The number of hydrogen-bond donors (Lipinski definition) is 0. The van der Waals surface area contributed by atoms with E-state index in [1.54, 1.807) is 0 Å². The highest BCUT2D eigenvalue weighted by Gasteiger charge is 2.40. The predicted molar refractivity (Wildman–Crippen MR) is 103 cm³/mol. The smallest absolute Gasteiger partial charge is 0.333 e. The van der Waals surface area contributed by atoms with E-state index in [2.05, 4.69) is 13.8 Å². The highest BCUT2D eigenvalue weighted by Crippen LogP contribution is 2.36. The summed E-state index contributed by atoms with van der Waals surface area (Å²) in [6.07, 6.45) is 0.123. The van der Waals surface area contributed by atoms with Crippen molar-refractivity contribution in [1.82, 2.24) is 5.06 Å². The van der Waals surface area contributed by atoms with Crippen LogP contribution in [0.15, 0.2) is 0 Å². The maximum atomic E-state index is 12.4. The minimum Gasteiger partial charge on any atom is -0.463 e. The summed E-state index contributed by atoms with van der Waals surface area (Å²) in [7, 11) is 0. The molecule has 9 nitrogen and oxygen atoms in total. The number of hydrogen-bond acceptors (Lipinski definition) is 8. The summed E-state index contributed by atoms with van der Waals surface area (Å²) in [6.45, 7) is 7.71. The lowest BCUT2D eigenvalue weighted by atomic mass is 9.75. The van der Waals surface area contributed by atoms with E-state index >= 15 is 0 Å². The van der Waals surface area contributed by atoms with Crippen LogP contribution in [0.25, 0.3) is 0 Å². The third-order valence-electron chi connectivity index (χ3n) is 6.10. The molecule has 2 aliphatic heterocycles. The van der Waals surface area contributed by atoms with E-state index in [0.29, 0.717) is 11.0 Å². The monoisotopic (exact) mass is 425 g/mol. The minimum absolute atomic E-state index is 0.0408. The van der Waals surface area contributed by atoms with Crippen molar-refractivity contribution in [2.24, 2.45) is 17.8 Å². The number of rotatable bonds is 9. The largest absolute Gasteiger partial charge is 0.463 e. The average molecular weight is 425 g/mol. The van der Waals surface area contributed by atoms with Crippen molar-refractivity contribution in [3.05, 3.63) is 0 Å². The van der Waals surface area contributed by atoms with Gasteiger partial charge in [0.25, 0.3) is 11.8 Å². The van der Waals surface area contributed by atoms with Crippen LogP contribution in [0.5, 0.6) is 0 Å². The van der Waals surface area contributed by atoms with E-state index < -0.39 is 17.8 Å². The van der Waals surface area contributed by atoms with Gasteiger partial charge in [0.2, 0.25) is 0 Å². The summed E-state index contributed by atoms with van der Waals surface area (Å²) >= 11 is 0. The molecule has 0 bridgehead atoms. The quantitative estimate of drug-likeness (QED) is 0.407. The van der Waals surface area contributed by atoms with Gasteiger partial charge < -0.3 is 14.3 Å². The Kier molecular flexibility index (Phi) is 8.52. The third kappa shape index (κ3) is 6.35.